The lowest BCUT2D eigenvalue weighted by Crippen LogP contribution is -2.17. The molecule has 2 aromatic carbocycles. The van der Waals surface area contributed by atoms with Crippen molar-refractivity contribution in [1.82, 2.24) is 0 Å². The highest BCUT2D eigenvalue weighted by Crippen LogP contribution is 2.47. The summed E-state index contributed by atoms with van der Waals surface area (Å²) in [6, 6.07) is 11.4. The SMILES string of the molecule is C=CCC1Oc2cccc(Br)c2-c2ccc(CS(N)(=O)=O)cc21. The first-order valence-electron chi connectivity index (χ1n) is 7.09. The molecule has 0 bridgehead atoms. The summed E-state index contributed by atoms with van der Waals surface area (Å²) in [6.07, 6.45) is 2.24. The molecule has 0 saturated heterocycles. The van der Waals surface area contributed by atoms with Crippen LogP contribution in [0.5, 0.6) is 5.75 Å². The van der Waals surface area contributed by atoms with Crippen LogP contribution in [0.3, 0.4) is 0 Å². The lowest BCUT2D eigenvalue weighted by atomic mass is 9.90. The van der Waals surface area contributed by atoms with Crippen LogP contribution in [0.25, 0.3) is 11.1 Å². The van der Waals surface area contributed by atoms with Crippen LogP contribution in [-0.2, 0) is 15.8 Å². The molecule has 0 fully saturated rings. The van der Waals surface area contributed by atoms with Crippen LogP contribution < -0.4 is 9.88 Å². The van der Waals surface area contributed by atoms with Gasteiger partial charge in [-0.3, -0.25) is 0 Å². The topological polar surface area (TPSA) is 69.4 Å². The van der Waals surface area contributed by atoms with E-state index in [1.165, 1.54) is 0 Å². The van der Waals surface area contributed by atoms with Crippen LogP contribution in [0.2, 0.25) is 0 Å². The third-order valence-corrected chi connectivity index (χ3v) is 5.12. The minimum absolute atomic E-state index is 0.190. The summed E-state index contributed by atoms with van der Waals surface area (Å²) in [6.45, 7) is 3.78. The first-order valence-corrected chi connectivity index (χ1v) is 9.59. The number of benzene rings is 2. The van der Waals surface area contributed by atoms with E-state index in [0.29, 0.717) is 12.0 Å². The van der Waals surface area contributed by atoms with Crippen LogP contribution in [0.4, 0.5) is 0 Å². The van der Waals surface area contributed by atoms with Crippen molar-refractivity contribution < 1.29 is 13.2 Å². The van der Waals surface area contributed by atoms with Gasteiger partial charge >= 0.3 is 0 Å². The molecule has 1 aliphatic rings. The third-order valence-electron chi connectivity index (χ3n) is 3.73. The molecule has 1 unspecified atom stereocenters. The maximum absolute atomic E-state index is 11.4. The van der Waals surface area contributed by atoms with Crippen molar-refractivity contribution in [2.24, 2.45) is 5.14 Å². The number of halogens is 1. The van der Waals surface area contributed by atoms with E-state index in [4.69, 9.17) is 9.88 Å². The van der Waals surface area contributed by atoms with Gasteiger partial charge in [-0.2, -0.15) is 0 Å². The van der Waals surface area contributed by atoms with Gasteiger partial charge in [-0.1, -0.05) is 46.3 Å². The molecule has 2 aromatic rings. The predicted octanol–water partition coefficient (Wildman–Crippen LogP) is 3.91. The van der Waals surface area contributed by atoms with Crippen molar-refractivity contribution in [2.45, 2.75) is 18.3 Å². The Hall–Kier alpha value is -1.63. The minimum Gasteiger partial charge on any atom is -0.485 e. The fourth-order valence-corrected chi connectivity index (χ4v) is 4.04. The van der Waals surface area contributed by atoms with Crippen LogP contribution >= 0.6 is 15.9 Å². The van der Waals surface area contributed by atoms with Crippen molar-refractivity contribution in [3.05, 3.63) is 64.7 Å². The zero-order chi connectivity index (χ0) is 16.6. The summed E-state index contributed by atoms with van der Waals surface area (Å²) in [5.74, 6) is 0.613. The van der Waals surface area contributed by atoms with Gasteiger partial charge in [0.05, 0.1) is 5.75 Å². The van der Waals surface area contributed by atoms with Crippen molar-refractivity contribution in [1.29, 1.82) is 0 Å². The molecule has 0 radical (unpaired) electrons. The molecular weight excluding hydrogens is 378 g/mol. The Bertz CT molecular complexity index is 877. The van der Waals surface area contributed by atoms with Gasteiger partial charge in [-0.25, -0.2) is 13.6 Å². The standard InChI is InChI=1S/C17H16BrNO3S/c1-2-4-15-13-9-11(10-23(19,20)21)7-8-12(13)17-14(18)5-3-6-16(17)22-15/h2-3,5-9,15H,1,4,10H2,(H2,19,20,21). The van der Waals surface area contributed by atoms with Crippen molar-refractivity contribution in [2.75, 3.05) is 0 Å². The maximum atomic E-state index is 11.4. The number of hydrogen-bond donors (Lipinski definition) is 1. The van der Waals surface area contributed by atoms with Gasteiger partial charge in [0.15, 0.2) is 0 Å². The Labute approximate surface area is 144 Å². The molecular formula is C17H16BrNO3S. The molecule has 2 N–H and O–H groups in total. The molecule has 0 saturated carbocycles. The summed E-state index contributed by atoms with van der Waals surface area (Å²) >= 11 is 3.56. The fourth-order valence-electron chi connectivity index (χ4n) is 2.84. The highest BCUT2D eigenvalue weighted by atomic mass is 79.9. The van der Waals surface area contributed by atoms with E-state index < -0.39 is 10.0 Å². The Morgan fingerprint density at radius 3 is 2.78 bits per heavy atom. The van der Waals surface area contributed by atoms with Gasteiger partial charge < -0.3 is 4.74 Å². The van der Waals surface area contributed by atoms with Gasteiger partial charge in [0.2, 0.25) is 10.0 Å². The van der Waals surface area contributed by atoms with Gasteiger partial charge in [-0.15, -0.1) is 6.58 Å². The van der Waals surface area contributed by atoms with Crippen LogP contribution in [0, 0.1) is 0 Å². The molecule has 120 valence electrons. The molecule has 3 rings (SSSR count). The Morgan fingerprint density at radius 1 is 1.30 bits per heavy atom. The molecule has 1 heterocycles. The normalized spacial score (nSPS) is 16.2. The minimum atomic E-state index is -3.57. The Kier molecular flexibility index (Phi) is 4.31. The molecule has 6 heteroatoms. The van der Waals surface area contributed by atoms with Crippen LogP contribution in [0.15, 0.2) is 53.5 Å². The van der Waals surface area contributed by atoms with Gasteiger partial charge in [-0.05, 0) is 23.3 Å². The molecule has 0 spiro atoms. The zero-order valence-electron chi connectivity index (χ0n) is 12.3. The maximum Gasteiger partial charge on any atom is 0.213 e. The Morgan fingerprint density at radius 2 is 2.09 bits per heavy atom. The Balaban J connectivity index is 2.16. The third kappa shape index (κ3) is 3.34. The number of ether oxygens (including phenoxy) is 1. The van der Waals surface area contributed by atoms with Crippen LogP contribution in [0.1, 0.15) is 23.7 Å². The average molecular weight is 394 g/mol. The highest BCUT2D eigenvalue weighted by Gasteiger charge is 2.27. The molecule has 23 heavy (non-hydrogen) atoms. The van der Waals surface area contributed by atoms with Crippen molar-refractivity contribution >= 4 is 26.0 Å². The number of nitrogens with two attached hydrogens (primary N) is 1. The second-order valence-electron chi connectivity index (χ2n) is 5.47. The van der Waals surface area contributed by atoms with Gasteiger partial charge in [0, 0.05) is 22.0 Å². The monoisotopic (exact) mass is 393 g/mol. The lowest BCUT2D eigenvalue weighted by molar-refractivity contribution is 0.205. The van der Waals surface area contributed by atoms with E-state index >= 15 is 0 Å². The van der Waals surface area contributed by atoms with E-state index in [1.54, 1.807) is 12.1 Å². The summed E-state index contributed by atoms with van der Waals surface area (Å²) < 4.78 is 29.7. The number of primary sulfonamides is 1. The quantitative estimate of drug-likeness (QED) is 0.800. The first-order chi connectivity index (χ1) is 10.9. The summed E-state index contributed by atoms with van der Waals surface area (Å²) in [5, 5.41) is 5.15. The van der Waals surface area contributed by atoms with E-state index in [9.17, 15) is 8.42 Å². The molecule has 1 aliphatic heterocycles. The van der Waals surface area contributed by atoms with E-state index in [1.807, 2.05) is 30.3 Å². The lowest BCUT2D eigenvalue weighted by Gasteiger charge is -2.29. The fraction of sp³-hybridized carbons (Fsp3) is 0.176. The number of sulfonamides is 1. The van der Waals surface area contributed by atoms with Crippen molar-refractivity contribution in [3.8, 4) is 16.9 Å². The average Bonchev–Trinajstić information content (AvgIpc) is 2.46. The number of rotatable bonds is 4. The van der Waals surface area contributed by atoms with E-state index in [0.717, 1.165) is 26.9 Å². The number of hydrogen-bond acceptors (Lipinski definition) is 3. The molecule has 1 atom stereocenters. The summed E-state index contributed by atoms with van der Waals surface area (Å²) in [4.78, 5) is 0. The smallest absolute Gasteiger partial charge is 0.213 e. The van der Waals surface area contributed by atoms with E-state index in [-0.39, 0.29) is 11.9 Å². The van der Waals surface area contributed by atoms with Gasteiger partial charge in [0.25, 0.3) is 0 Å². The molecule has 4 nitrogen and oxygen atoms in total. The highest BCUT2D eigenvalue weighted by molar-refractivity contribution is 9.10. The van der Waals surface area contributed by atoms with Crippen molar-refractivity contribution in [3.63, 3.8) is 0 Å². The zero-order valence-corrected chi connectivity index (χ0v) is 14.7. The summed E-state index contributed by atoms with van der Waals surface area (Å²) in [7, 11) is -3.57. The second kappa shape index (κ2) is 6.11. The second-order valence-corrected chi connectivity index (χ2v) is 7.94. The van der Waals surface area contributed by atoms with Gasteiger partial charge in [0.1, 0.15) is 11.9 Å². The van der Waals surface area contributed by atoms with E-state index in [2.05, 4.69) is 22.5 Å². The molecule has 0 aromatic heterocycles. The van der Waals surface area contributed by atoms with Crippen LogP contribution in [-0.4, -0.2) is 8.42 Å². The predicted molar refractivity (Wildman–Crippen MR) is 94.6 cm³/mol. The molecule has 0 amide bonds. The molecule has 0 aliphatic carbocycles. The number of fused-ring (bicyclic) bond motifs is 3. The largest absolute Gasteiger partial charge is 0.485 e. The first kappa shape index (κ1) is 16.2. The summed E-state index contributed by atoms with van der Waals surface area (Å²) in [5.41, 5.74) is 3.61.